The first-order valence-electron chi connectivity index (χ1n) is 7.99. The number of ketones is 1. The van der Waals surface area contributed by atoms with E-state index in [9.17, 15) is 23.1 Å². The Morgan fingerprint density at radius 2 is 2.00 bits per heavy atom. The summed E-state index contributed by atoms with van der Waals surface area (Å²) in [5.41, 5.74) is 0.0445. The molecular formula is C18H20NNaO7S. The zero-order chi connectivity index (χ0) is 20.0. The van der Waals surface area contributed by atoms with Crippen molar-refractivity contribution < 1.29 is 27.6 Å². The molecule has 0 fully saturated rings. The van der Waals surface area contributed by atoms with Gasteiger partial charge in [0.1, 0.15) is 17.1 Å². The predicted octanol–water partition coefficient (Wildman–Crippen LogP) is 1.29. The van der Waals surface area contributed by atoms with Crippen LogP contribution < -0.4 is 10.3 Å². The molecule has 0 aliphatic heterocycles. The van der Waals surface area contributed by atoms with Gasteiger partial charge in [0.2, 0.25) is 0 Å². The van der Waals surface area contributed by atoms with Gasteiger partial charge in [-0.05, 0) is 43.2 Å². The monoisotopic (exact) mass is 417 g/mol. The van der Waals surface area contributed by atoms with Gasteiger partial charge in [-0.15, -0.1) is 0 Å². The second-order valence-electron chi connectivity index (χ2n) is 5.80. The standard InChI is InChI=1S/C18H19NO7S.Na.H/c1-12-10-16(21)17(18(22)19-12)15(20)7-6-13-4-2-5-14(11-13)26-8-3-9-27(23,24)25;;/h2,4-7,10-11H,3,8-9H2,1H3,(H2,19,21,22)(H,23,24,25);;/b7-6+;;. The molecule has 28 heavy (non-hydrogen) atoms. The van der Waals surface area contributed by atoms with Gasteiger partial charge in [-0.2, -0.15) is 8.42 Å². The summed E-state index contributed by atoms with van der Waals surface area (Å²) in [4.78, 5) is 26.5. The molecule has 0 amide bonds. The third-order valence-electron chi connectivity index (χ3n) is 3.49. The summed E-state index contributed by atoms with van der Waals surface area (Å²) in [5.74, 6) is -0.971. The van der Waals surface area contributed by atoms with E-state index >= 15 is 0 Å². The van der Waals surface area contributed by atoms with Gasteiger partial charge in [0, 0.05) is 5.69 Å². The topological polar surface area (TPSA) is 134 Å². The van der Waals surface area contributed by atoms with Crippen molar-refractivity contribution in [2.45, 2.75) is 13.3 Å². The van der Waals surface area contributed by atoms with Gasteiger partial charge in [0.15, 0.2) is 5.78 Å². The van der Waals surface area contributed by atoms with Gasteiger partial charge in [-0.1, -0.05) is 18.2 Å². The number of pyridine rings is 1. The van der Waals surface area contributed by atoms with Crippen molar-refractivity contribution in [3.05, 3.63) is 63.6 Å². The van der Waals surface area contributed by atoms with Crippen LogP contribution >= 0.6 is 0 Å². The van der Waals surface area contributed by atoms with Gasteiger partial charge in [0.05, 0.1) is 12.4 Å². The molecule has 0 spiro atoms. The average Bonchev–Trinajstić information content (AvgIpc) is 2.55. The van der Waals surface area contributed by atoms with E-state index in [1.807, 2.05) is 0 Å². The number of benzene rings is 1. The molecule has 0 atom stereocenters. The maximum atomic E-state index is 12.2. The molecule has 2 aromatic rings. The van der Waals surface area contributed by atoms with Crippen LogP contribution in [0.5, 0.6) is 11.5 Å². The van der Waals surface area contributed by atoms with Crippen molar-refractivity contribution >= 4 is 51.5 Å². The number of aromatic nitrogens is 1. The molecule has 0 radical (unpaired) electrons. The summed E-state index contributed by atoms with van der Waals surface area (Å²) in [7, 11) is -4.02. The Labute approximate surface area is 184 Å². The second-order valence-corrected chi connectivity index (χ2v) is 7.37. The molecule has 0 bridgehead atoms. The van der Waals surface area contributed by atoms with Crippen LogP contribution in [-0.4, -0.2) is 70.8 Å². The van der Waals surface area contributed by atoms with E-state index in [4.69, 9.17) is 9.29 Å². The molecule has 0 unspecified atom stereocenters. The molecule has 2 rings (SSSR count). The van der Waals surface area contributed by atoms with Crippen LogP contribution in [-0.2, 0) is 10.1 Å². The maximum absolute atomic E-state index is 12.2. The van der Waals surface area contributed by atoms with Crippen molar-refractivity contribution in [1.29, 1.82) is 0 Å². The number of hydrogen-bond donors (Lipinski definition) is 3. The van der Waals surface area contributed by atoms with E-state index in [0.717, 1.165) is 6.08 Å². The van der Waals surface area contributed by atoms with E-state index < -0.39 is 27.2 Å². The van der Waals surface area contributed by atoms with Gasteiger partial charge in [-0.25, -0.2) is 0 Å². The molecule has 0 aliphatic carbocycles. The normalized spacial score (nSPS) is 11.2. The van der Waals surface area contributed by atoms with E-state index in [1.165, 1.54) is 12.1 Å². The Balaban J connectivity index is 0.00000392. The summed E-state index contributed by atoms with van der Waals surface area (Å²) < 4.78 is 35.3. The Morgan fingerprint density at radius 1 is 1.29 bits per heavy atom. The van der Waals surface area contributed by atoms with Crippen LogP contribution in [0.25, 0.3) is 6.08 Å². The number of allylic oxidation sites excluding steroid dienone is 1. The predicted molar refractivity (Wildman–Crippen MR) is 107 cm³/mol. The quantitative estimate of drug-likeness (QED) is 0.194. The number of ether oxygens (including phenoxy) is 1. The number of hydrogen-bond acceptors (Lipinski definition) is 6. The van der Waals surface area contributed by atoms with Gasteiger partial charge in [0.25, 0.3) is 15.7 Å². The van der Waals surface area contributed by atoms with Crippen LogP contribution in [0.1, 0.15) is 28.0 Å². The zero-order valence-corrected chi connectivity index (χ0v) is 15.3. The van der Waals surface area contributed by atoms with E-state index in [2.05, 4.69) is 4.98 Å². The van der Waals surface area contributed by atoms with Crippen LogP contribution in [0.4, 0.5) is 0 Å². The molecule has 0 saturated carbocycles. The third-order valence-corrected chi connectivity index (χ3v) is 4.30. The molecule has 1 heterocycles. The number of H-pyrrole nitrogens is 1. The van der Waals surface area contributed by atoms with Crippen LogP contribution in [0, 0.1) is 6.92 Å². The Bertz CT molecular complexity index is 1030. The van der Waals surface area contributed by atoms with E-state index in [-0.39, 0.29) is 53.9 Å². The molecular weight excluding hydrogens is 397 g/mol. The molecule has 1 aromatic carbocycles. The number of aromatic amines is 1. The number of rotatable bonds is 8. The summed E-state index contributed by atoms with van der Waals surface area (Å²) >= 11 is 0. The second kappa shape index (κ2) is 10.6. The molecule has 146 valence electrons. The summed E-state index contributed by atoms with van der Waals surface area (Å²) in [6, 6.07) is 7.95. The zero-order valence-electron chi connectivity index (χ0n) is 14.5. The fourth-order valence-corrected chi connectivity index (χ4v) is 2.79. The van der Waals surface area contributed by atoms with Crippen molar-refractivity contribution in [1.82, 2.24) is 4.98 Å². The van der Waals surface area contributed by atoms with E-state index in [1.54, 1.807) is 31.2 Å². The van der Waals surface area contributed by atoms with Gasteiger partial charge < -0.3 is 14.8 Å². The molecule has 0 aliphatic rings. The number of aromatic hydroxyl groups is 1. The summed E-state index contributed by atoms with van der Waals surface area (Å²) in [6.45, 7) is 1.69. The number of carbonyl (C=O) groups excluding carboxylic acids is 1. The van der Waals surface area contributed by atoms with Crippen molar-refractivity contribution in [3.8, 4) is 11.5 Å². The molecule has 3 N–H and O–H groups in total. The Hall–Kier alpha value is -1.91. The Kier molecular flexibility index (Phi) is 9.12. The molecule has 10 heteroatoms. The van der Waals surface area contributed by atoms with Crippen molar-refractivity contribution in [3.63, 3.8) is 0 Å². The minimum atomic E-state index is -4.02. The Morgan fingerprint density at radius 3 is 2.64 bits per heavy atom. The van der Waals surface area contributed by atoms with Crippen molar-refractivity contribution in [2.75, 3.05) is 12.4 Å². The van der Waals surface area contributed by atoms with Crippen molar-refractivity contribution in [2.24, 2.45) is 0 Å². The first-order valence-corrected chi connectivity index (χ1v) is 9.60. The first-order chi connectivity index (χ1) is 12.7. The number of nitrogens with one attached hydrogen (secondary N) is 1. The number of aryl methyl sites for hydroxylation is 1. The number of carbonyl (C=O) groups is 1. The average molecular weight is 417 g/mol. The molecule has 8 nitrogen and oxygen atoms in total. The fraction of sp³-hybridized carbons (Fsp3) is 0.222. The molecule has 0 saturated heterocycles. The van der Waals surface area contributed by atoms with Crippen LogP contribution in [0.15, 0.2) is 41.2 Å². The van der Waals surface area contributed by atoms with Gasteiger partial charge >= 0.3 is 29.6 Å². The SMILES string of the molecule is Cc1cc(O)c(C(=O)/C=C/c2cccc(OCCCS(=O)(=O)O)c2)c(=O)[nH]1.[NaH]. The van der Waals surface area contributed by atoms with Gasteiger partial charge in [-0.3, -0.25) is 14.1 Å². The summed E-state index contributed by atoms with van der Waals surface area (Å²) in [6.07, 6.45) is 2.76. The molecule has 1 aromatic heterocycles. The third kappa shape index (κ3) is 7.61. The first kappa shape index (κ1) is 24.1. The van der Waals surface area contributed by atoms with Crippen LogP contribution in [0.2, 0.25) is 0 Å². The van der Waals surface area contributed by atoms with Crippen LogP contribution in [0.3, 0.4) is 0 Å². The van der Waals surface area contributed by atoms with E-state index in [0.29, 0.717) is 17.0 Å². The minimum absolute atomic E-state index is 0. The summed E-state index contributed by atoms with van der Waals surface area (Å²) in [5, 5.41) is 9.81. The fourth-order valence-electron chi connectivity index (χ4n) is 2.30.